The molecule has 0 spiro atoms. The van der Waals surface area contributed by atoms with Gasteiger partial charge in [0.15, 0.2) is 0 Å². The lowest BCUT2D eigenvalue weighted by Gasteiger charge is -2.09. The average Bonchev–Trinajstić information content (AvgIpc) is 2.78. The van der Waals surface area contributed by atoms with Gasteiger partial charge in [0.1, 0.15) is 11.6 Å². The van der Waals surface area contributed by atoms with Crippen LogP contribution < -0.4 is 10.5 Å². The summed E-state index contributed by atoms with van der Waals surface area (Å²) in [6.45, 7) is 5.95. The van der Waals surface area contributed by atoms with Crippen LogP contribution in [-0.4, -0.2) is 16.1 Å². The topological polar surface area (TPSA) is 63.9 Å². The largest absolute Gasteiger partial charge is 0.491 e. The fourth-order valence-electron chi connectivity index (χ4n) is 1.68. The molecule has 18 heavy (non-hydrogen) atoms. The summed E-state index contributed by atoms with van der Waals surface area (Å²) in [6.07, 6.45) is 1.96. The second kappa shape index (κ2) is 5.23. The summed E-state index contributed by atoms with van der Waals surface area (Å²) in [6, 6.07) is 7.84. The summed E-state index contributed by atoms with van der Waals surface area (Å²) in [5.74, 6) is 1.70. The van der Waals surface area contributed by atoms with Crippen molar-refractivity contribution in [1.29, 1.82) is 0 Å². The molecule has 1 heterocycles. The van der Waals surface area contributed by atoms with Gasteiger partial charge in [0.25, 0.3) is 0 Å². The number of ether oxygens (including phenoxy) is 1. The Morgan fingerprint density at radius 1 is 1.17 bits per heavy atom. The first-order valence-electron chi connectivity index (χ1n) is 6.14. The Morgan fingerprint density at radius 3 is 2.33 bits per heavy atom. The molecule has 1 unspecified atom stereocenters. The van der Waals surface area contributed by atoms with Crippen LogP contribution in [0.4, 0.5) is 0 Å². The molecule has 0 aliphatic rings. The fraction of sp³-hybridized carbons (Fsp3) is 0.357. The van der Waals surface area contributed by atoms with Crippen molar-refractivity contribution in [1.82, 2.24) is 9.97 Å². The molecule has 96 valence electrons. The first-order valence-corrected chi connectivity index (χ1v) is 6.14. The zero-order chi connectivity index (χ0) is 13.1. The minimum Gasteiger partial charge on any atom is -0.491 e. The number of imidazole rings is 1. The molecule has 2 aromatic rings. The molecule has 0 amide bonds. The van der Waals surface area contributed by atoms with Crippen LogP contribution in [0.3, 0.4) is 0 Å². The molecule has 0 bridgehead atoms. The van der Waals surface area contributed by atoms with E-state index in [-0.39, 0.29) is 12.1 Å². The smallest absolute Gasteiger partial charge is 0.137 e. The van der Waals surface area contributed by atoms with E-state index in [9.17, 15) is 0 Å². The number of benzene rings is 1. The predicted octanol–water partition coefficient (Wildman–Crippen LogP) is 2.88. The van der Waals surface area contributed by atoms with Crippen LogP contribution in [0.15, 0.2) is 30.5 Å². The summed E-state index contributed by atoms with van der Waals surface area (Å²) < 4.78 is 5.60. The molecule has 3 N–H and O–H groups in total. The first kappa shape index (κ1) is 12.6. The van der Waals surface area contributed by atoms with Gasteiger partial charge < -0.3 is 15.5 Å². The molecule has 4 nitrogen and oxygen atoms in total. The third-order valence-electron chi connectivity index (χ3n) is 2.59. The Morgan fingerprint density at radius 2 is 1.83 bits per heavy atom. The number of aromatic amines is 1. The van der Waals surface area contributed by atoms with Crippen molar-refractivity contribution in [3.05, 3.63) is 36.2 Å². The highest BCUT2D eigenvalue weighted by Gasteiger charge is 2.06. The van der Waals surface area contributed by atoms with Gasteiger partial charge in [-0.25, -0.2) is 4.98 Å². The van der Waals surface area contributed by atoms with Crippen LogP contribution in [0.5, 0.6) is 5.75 Å². The Hall–Kier alpha value is -1.81. The lowest BCUT2D eigenvalue weighted by atomic mass is 10.2. The number of H-pyrrole nitrogens is 1. The summed E-state index contributed by atoms with van der Waals surface area (Å²) >= 11 is 0. The summed E-state index contributed by atoms with van der Waals surface area (Å²) in [5, 5.41) is 0. The third kappa shape index (κ3) is 2.90. The SMILES string of the molecule is CC(C)Oc1ccc(-c2ncc(C(C)N)[nH]2)cc1. The van der Waals surface area contributed by atoms with Crippen LogP contribution in [0.2, 0.25) is 0 Å². The molecule has 0 saturated carbocycles. The lowest BCUT2D eigenvalue weighted by Crippen LogP contribution is -2.05. The maximum Gasteiger partial charge on any atom is 0.137 e. The van der Waals surface area contributed by atoms with E-state index in [1.807, 2.05) is 45.0 Å². The molecular formula is C14H19N3O. The van der Waals surface area contributed by atoms with Gasteiger partial charge in [-0.15, -0.1) is 0 Å². The Balaban J connectivity index is 2.17. The maximum absolute atomic E-state index is 5.79. The normalized spacial score (nSPS) is 12.7. The molecule has 0 saturated heterocycles. The van der Waals surface area contributed by atoms with Crippen LogP contribution >= 0.6 is 0 Å². The number of aromatic nitrogens is 2. The van der Waals surface area contributed by atoms with Gasteiger partial charge in [-0.1, -0.05) is 0 Å². The molecule has 0 aliphatic heterocycles. The average molecular weight is 245 g/mol. The van der Waals surface area contributed by atoms with Gasteiger partial charge in [-0.3, -0.25) is 0 Å². The zero-order valence-corrected chi connectivity index (χ0v) is 11.0. The molecule has 1 aromatic carbocycles. The van der Waals surface area contributed by atoms with Crippen molar-refractivity contribution < 1.29 is 4.74 Å². The fourth-order valence-corrected chi connectivity index (χ4v) is 1.68. The quantitative estimate of drug-likeness (QED) is 0.870. The van der Waals surface area contributed by atoms with E-state index in [1.54, 1.807) is 6.20 Å². The van der Waals surface area contributed by atoms with Crippen LogP contribution in [-0.2, 0) is 0 Å². The highest BCUT2D eigenvalue weighted by Crippen LogP contribution is 2.21. The van der Waals surface area contributed by atoms with Crippen LogP contribution in [0, 0.1) is 0 Å². The number of hydrogen-bond acceptors (Lipinski definition) is 3. The summed E-state index contributed by atoms with van der Waals surface area (Å²) in [4.78, 5) is 7.53. The van der Waals surface area contributed by atoms with Gasteiger partial charge in [0.2, 0.25) is 0 Å². The molecule has 0 radical (unpaired) electrons. The number of nitrogens with two attached hydrogens (primary N) is 1. The van der Waals surface area contributed by atoms with Crippen molar-refractivity contribution in [3.63, 3.8) is 0 Å². The lowest BCUT2D eigenvalue weighted by molar-refractivity contribution is 0.242. The van der Waals surface area contributed by atoms with Crippen LogP contribution in [0.25, 0.3) is 11.4 Å². The van der Waals surface area contributed by atoms with Crippen molar-refractivity contribution in [2.45, 2.75) is 32.9 Å². The van der Waals surface area contributed by atoms with Gasteiger partial charge >= 0.3 is 0 Å². The second-order valence-electron chi connectivity index (χ2n) is 4.67. The molecule has 0 aliphatic carbocycles. The van der Waals surface area contributed by atoms with Gasteiger partial charge in [-0.05, 0) is 45.0 Å². The Labute approximate surface area is 107 Å². The Bertz CT molecular complexity index is 500. The van der Waals surface area contributed by atoms with E-state index in [2.05, 4.69) is 9.97 Å². The third-order valence-corrected chi connectivity index (χ3v) is 2.59. The van der Waals surface area contributed by atoms with Gasteiger partial charge in [0.05, 0.1) is 18.0 Å². The highest BCUT2D eigenvalue weighted by atomic mass is 16.5. The van der Waals surface area contributed by atoms with E-state index in [0.29, 0.717) is 0 Å². The highest BCUT2D eigenvalue weighted by molar-refractivity contribution is 5.56. The number of nitrogens with zero attached hydrogens (tertiary/aromatic N) is 1. The Kier molecular flexibility index (Phi) is 3.67. The summed E-state index contributed by atoms with van der Waals surface area (Å²) in [5.41, 5.74) is 7.76. The minimum atomic E-state index is -0.0326. The number of hydrogen-bond donors (Lipinski definition) is 2. The summed E-state index contributed by atoms with van der Waals surface area (Å²) in [7, 11) is 0. The van der Waals surface area contributed by atoms with Gasteiger partial charge in [-0.2, -0.15) is 0 Å². The molecule has 0 fully saturated rings. The van der Waals surface area contributed by atoms with E-state index < -0.39 is 0 Å². The minimum absolute atomic E-state index is 0.0326. The second-order valence-corrected chi connectivity index (χ2v) is 4.67. The standard InChI is InChI=1S/C14H19N3O/c1-9(2)18-12-6-4-11(5-7-12)14-16-8-13(17-14)10(3)15/h4-10H,15H2,1-3H3,(H,16,17). The monoisotopic (exact) mass is 245 g/mol. The maximum atomic E-state index is 5.79. The van der Waals surface area contributed by atoms with E-state index in [1.165, 1.54) is 0 Å². The molecule has 4 heteroatoms. The predicted molar refractivity (Wildman–Crippen MR) is 72.4 cm³/mol. The van der Waals surface area contributed by atoms with Crippen molar-refractivity contribution >= 4 is 0 Å². The van der Waals surface area contributed by atoms with Crippen LogP contribution in [0.1, 0.15) is 32.5 Å². The zero-order valence-electron chi connectivity index (χ0n) is 11.0. The van der Waals surface area contributed by atoms with Gasteiger partial charge in [0, 0.05) is 11.6 Å². The van der Waals surface area contributed by atoms with Crippen molar-refractivity contribution in [3.8, 4) is 17.1 Å². The van der Waals surface area contributed by atoms with Crippen molar-refractivity contribution in [2.75, 3.05) is 0 Å². The van der Waals surface area contributed by atoms with E-state index >= 15 is 0 Å². The molecule has 1 atom stereocenters. The molecular weight excluding hydrogens is 226 g/mol. The number of rotatable bonds is 4. The van der Waals surface area contributed by atoms with E-state index in [4.69, 9.17) is 10.5 Å². The van der Waals surface area contributed by atoms with E-state index in [0.717, 1.165) is 22.8 Å². The molecule has 1 aromatic heterocycles. The van der Waals surface area contributed by atoms with Crippen molar-refractivity contribution in [2.24, 2.45) is 5.73 Å². The first-order chi connectivity index (χ1) is 8.56. The molecule has 2 rings (SSSR count). The number of nitrogens with one attached hydrogen (secondary N) is 1.